The molecule has 2 heterocycles. The molecule has 0 spiro atoms. The van der Waals surface area contributed by atoms with Crippen LogP contribution in [-0.4, -0.2) is 22.2 Å². The van der Waals surface area contributed by atoms with Gasteiger partial charge in [-0.3, -0.25) is 15.7 Å². The minimum Gasteiger partial charge on any atom is -0.371 e. The van der Waals surface area contributed by atoms with E-state index in [0.29, 0.717) is 22.5 Å². The number of aromatic nitrogens is 1. The van der Waals surface area contributed by atoms with Crippen LogP contribution in [0.2, 0.25) is 0 Å². The fourth-order valence-corrected chi connectivity index (χ4v) is 4.54. The summed E-state index contributed by atoms with van der Waals surface area (Å²) in [5.41, 5.74) is 3.40. The highest BCUT2D eigenvalue weighted by Gasteiger charge is 2.38. The molecule has 1 aliphatic rings. The first kappa shape index (κ1) is 18.9. The topological polar surface area (TPSA) is 78.8 Å². The molecule has 2 aromatic carbocycles. The molecule has 5 nitrogen and oxygen atoms in total. The molecule has 4 rings (SSSR count). The number of hydrogen-bond donors (Lipinski definition) is 4. The molecule has 3 aromatic rings. The number of benzene rings is 2. The van der Waals surface area contributed by atoms with Crippen molar-refractivity contribution in [2.24, 2.45) is 0 Å². The van der Waals surface area contributed by atoms with E-state index in [0.717, 1.165) is 20.0 Å². The van der Waals surface area contributed by atoms with Gasteiger partial charge < -0.3 is 10.3 Å². The van der Waals surface area contributed by atoms with Crippen LogP contribution < -0.4 is 10.2 Å². The smallest absolute Gasteiger partial charge is 0.133 e. The number of nitrogens with one attached hydrogen (secondary N) is 4. The minimum absolute atomic E-state index is 0.231. The van der Waals surface area contributed by atoms with Crippen molar-refractivity contribution in [1.29, 1.82) is 10.8 Å². The molecule has 4 N–H and O–H groups in total. The van der Waals surface area contributed by atoms with E-state index in [2.05, 4.69) is 32.9 Å². The van der Waals surface area contributed by atoms with Gasteiger partial charge in [0.05, 0.1) is 22.4 Å². The highest BCUT2D eigenvalue weighted by Crippen LogP contribution is 2.45. The summed E-state index contributed by atoms with van der Waals surface area (Å²) < 4.78 is 16.4. The van der Waals surface area contributed by atoms with Gasteiger partial charge in [-0.2, -0.15) is 0 Å². The second kappa shape index (κ2) is 6.30. The van der Waals surface area contributed by atoms with E-state index in [-0.39, 0.29) is 17.5 Å². The molecule has 0 amide bonds. The number of nitrogens with zero attached hydrogens (tertiary/aromatic N) is 1. The predicted octanol–water partition coefficient (Wildman–Crippen LogP) is 5.87. The fourth-order valence-electron chi connectivity index (χ4n) is 3.93. The van der Waals surface area contributed by atoms with E-state index in [1.165, 1.54) is 6.07 Å². The Bertz CT molecular complexity index is 1160. The van der Waals surface area contributed by atoms with Crippen molar-refractivity contribution >= 4 is 56.5 Å². The van der Waals surface area contributed by atoms with Crippen molar-refractivity contribution in [1.82, 2.24) is 4.98 Å². The quantitative estimate of drug-likeness (QED) is 0.196. The molecule has 0 atom stereocenters. The van der Waals surface area contributed by atoms with E-state index in [9.17, 15) is 0 Å². The number of rotatable bonds is 1. The van der Waals surface area contributed by atoms with E-state index in [1.807, 2.05) is 45.2 Å². The largest absolute Gasteiger partial charge is 0.371 e. The zero-order chi connectivity index (χ0) is 20.4. The maximum atomic E-state index is 15.4. The summed E-state index contributed by atoms with van der Waals surface area (Å²) in [6.45, 7) is 7.22. The third-order valence-electron chi connectivity index (χ3n) is 5.25. The number of halogens is 2. The first-order valence-electron chi connectivity index (χ1n) is 8.95. The Hall–Kier alpha value is -2.42. The van der Waals surface area contributed by atoms with Crippen LogP contribution in [0.15, 0.2) is 30.5 Å². The highest BCUT2D eigenvalue weighted by molar-refractivity contribution is 14.1. The molecular formula is C21H21FIN5. The van der Waals surface area contributed by atoms with E-state index in [4.69, 9.17) is 10.8 Å². The van der Waals surface area contributed by atoms with Crippen molar-refractivity contribution in [3.05, 3.63) is 45.4 Å². The number of anilines is 2. The van der Waals surface area contributed by atoms with Gasteiger partial charge in [-0.25, -0.2) is 4.39 Å². The van der Waals surface area contributed by atoms with E-state index >= 15 is 4.39 Å². The molecule has 0 aliphatic carbocycles. The highest BCUT2D eigenvalue weighted by atomic mass is 127. The standard InChI is InChI=1S/C21H21FIN5/c1-10-17(13-7-5-6-12-15(23)9-26-18(12)13)14(22)8-16-19(10)28(11(2)24)20(25)21(3,4)27-16/h5-9,24-27H,1-4H3. The second-order valence-corrected chi connectivity index (χ2v) is 8.80. The van der Waals surface area contributed by atoms with Crippen molar-refractivity contribution in [3.8, 4) is 11.1 Å². The first-order chi connectivity index (χ1) is 13.1. The van der Waals surface area contributed by atoms with Crippen LogP contribution >= 0.6 is 22.6 Å². The first-order valence-corrected chi connectivity index (χ1v) is 10.0. The summed E-state index contributed by atoms with van der Waals surface area (Å²) in [5, 5.41) is 21.1. The lowest BCUT2D eigenvalue weighted by Gasteiger charge is -2.43. The Labute approximate surface area is 176 Å². The molecule has 0 fully saturated rings. The van der Waals surface area contributed by atoms with Gasteiger partial charge in [0, 0.05) is 26.3 Å². The van der Waals surface area contributed by atoms with Crippen molar-refractivity contribution in [2.45, 2.75) is 33.2 Å². The minimum atomic E-state index is -0.703. The van der Waals surface area contributed by atoms with Gasteiger partial charge in [0.25, 0.3) is 0 Å². The van der Waals surface area contributed by atoms with Gasteiger partial charge in [-0.05, 0) is 61.9 Å². The molecule has 1 aliphatic heterocycles. The normalized spacial score (nSPS) is 15.5. The Kier molecular flexibility index (Phi) is 4.26. The van der Waals surface area contributed by atoms with Gasteiger partial charge in [0.1, 0.15) is 17.5 Å². The Morgan fingerprint density at radius 3 is 2.68 bits per heavy atom. The number of hydrogen-bond acceptors (Lipinski definition) is 3. The maximum Gasteiger partial charge on any atom is 0.133 e. The van der Waals surface area contributed by atoms with Crippen LogP contribution in [0.4, 0.5) is 15.8 Å². The van der Waals surface area contributed by atoms with Crippen LogP contribution in [-0.2, 0) is 0 Å². The van der Waals surface area contributed by atoms with E-state index < -0.39 is 5.54 Å². The Morgan fingerprint density at radius 1 is 1.29 bits per heavy atom. The van der Waals surface area contributed by atoms with Crippen molar-refractivity contribution in [3.63, 3.8) is 0 Å². The number of para-hydroxylation sites is 1. The van der Waals surface area contributed by atoms with Crippen LogP contribution in [0.3, 0.4) is 0 Å². The summed E-state index contributed by atoms with van der Waals surface area (Å²) in [5.74, 6) is 0.169. The summed E-state index contributed by atoms with van der Waals surface area (Å²) in [4.78, 5) is 4.86. The third-order valence-corrected chi connectivity index (χ3v) is 6.14. The number of fused-ring (bicyclic) bond motifs is 2. The maximum absolute atomic E-state index is 15.4. The fraction of sp³-hybridized carbons (Fsp3) is 0.238. The molecular weight excluding hydrogens is 468 g/mol. The lowest BCUT2D eigenvalue weighted by Crippen LogP contribution is -2.55. The van der Waals surface area contributed by atoms with Gasteiger partial charge in [-0.1, -0.05) is 18.2 Å². The lowest BCUT2D eigenvalue weighted by atomic mass is 9.91. The number of amidine groups is 2. The molecule has 1 aromatic heterocycles. The van der Waals surface area contributed by atoms with Gasteiger partial charge in [0.2, 0.25) is 0 Å². The SMILES string of the molecule is CC(=N)N1C(=N)C(C)(C)Nc2cc(F)c(-c3cccc4c(I)c[nH]c34)c(C)c21. The van der Waals surface area contributed by atoms with Crippen LogP contribution in [0.25, 0.3) is 22.0 Å². The summed E-state index contributed by atoms with van der Waals surface area (Å²) in [6.07, 6.45) is 1.91. The van der Waals surface area contributed by atoms with Crippen LogP contribution in [0.1, 0.15) is 26.3 Å². The van der Waals surface area contributed by atoms with E-state index in [1.54, 1.807) is 11.8 Å². The zero-order valence-electron chi connectivity index (χ0n) is 16.1. The Morgan fingerprint density at radius 2 is 2.00 bits per heavy atom. The van der Waals surface area contributed by atoms with Gasteiger partial charge in [0.15, 0.2) is 0 Å². The van der Waals surface area contributed by atoms with Crippen molar-refractivity contribution < 1.29 is 4.39 Å². The molecule has 7 heteroatoms. The lowest BCUT2D eigenvalue weighted by molar-refractivity contribution is 0.629. The third kappa shape index (κ3) is 2.63. The molecule has 0 unspecified atom stereocenters. The molecule has 0 radical (unpaired) electrons. The average Bonchev–Trinajstić information content (AvgIpc) is 2.98. The van der Waals surface area contributed by atoms with Gasteiger partial charge in [-0.15, -0.1) is 0 Å². The molecule has 28 heavy (non-hydrogen) atoms. The summed E-state index contributed by atoms with van der Waals surface area (Å²) >= 11 is 2.26. The molecule has 0 bridgehead atoms. The number of H-pyrrole nitrogens is 1. The zero-order valence-corrected chi connectivity index (χ0v) is 18.2. The van der Waals surface area contributed by atoms with Crippen molar-refractivity contribution in [2.75, 3.05) is 10.2 Å². The van der Waals surface area contributed by atoms with Crippen LogP contribution in [0.5, 0.6) is 0 Å². The summed E-state index contributed by atoms with van der Waals surface area (Å²) in [7, 11) is 0. The number of aromatic amines is 1. The summed E-state index contributed by atoms with van der Waals surface area (Å²) in [6, 6.07) is 7.32. The molecule has 0 saturated carbocycles. The molecule has 144 valence electrons. The Balaban J connectivity index is 2.05. The molecule has 0 saturated heterocycles. The average molecular weight is 489 g/mol. The second-order valence-electron chi connectivity index (χ2n) is 7.64. The predicted molar refractivity (Wildman–Crippen MR) is 122 cm³/mol. The monoisotopic (exact) mass is 489 g/mol. The van der Waals surface area contributed by atoms with Gasteiger partial charge >= 0.3 is 0 Å². The van der Waals surface area contributed by atoms with Crippen LogP contribution in [0, 0.1) is 27.1 Å².